The van der Waals surface area contributed by atoms with Crippen LogP contribution in [0.3, 0.4) is 0 Å². The van der Waals surface area contributed by atoms with E-state index in [0.29, 0.717) is 37.9 Å². The molecular weight excluding hydrogens is 434 g/mol. The lowest BCUT2D eigenvalue weighted by Gasteiger charge is -2.34. The largest absolute Gasteiger partial charge is 0.465 e. The van der Waals surface area contributed by atoms with Crippen LogP contribution in [0.4, 0.5) is 4.79 Å². The number of nitrogens with two attached hydrogens (primary N) is 1. The predicted molar refractivity (Wildman–Crippen MR) is 125 cm³/mol. The number of carboxylic acid groups (broad SMARTS) is 1. The molecule has 0 bridgehead atoms. The number of rotatable bonds is 9. The first-order valence-corrected chi connectivity index (χ1v) is 10.7. The number of benzene rings is 1. The van der Waals surface area contributed by atoms with E-state index >= 15 is 0 Å². The molecule has 1 unspecified atom stereocenters. The standard InChI is InChI=1S/C22H33N5O4.ClH/c1-4-26(22(30)31)18(12-14(2)3)21(29)27-11-5-6-17(27)20(28)25-13-15-7-9-16(10-8-15)19(23)24;/h7-10,14,17-18H,4-6,11-13H2,1-3H3,(H3,23,24)(H,25,28)(H,30,31);1H/t17-,18?;/m0./s1. The van der Waals surface area contributed by atoms with E-state index in [9.17, 15) is 19.5 Å². The molecule has 1 aromatic carbocycles. The summed E-state index contributed by atoms with van der Waals surface area (Å²) in [5, 5.41) is 19.8. The second-order valence-corrected chi connectivity index (χ2v) is 8.23. The molecule has 32 heavy (non-hydrogen) atoms. The molecule has 1 fully saturated rings. The fourth-order valence-corrected chi connectivity index (χ4v) is 3.90. The third-order valence-electron chi connectivity index (χ3n) is 5.51. The summed E-state index contributed by atoms with van der Waals surface area (Å²) in [6.07, 6.45) is 0.529. The quantitative estimate of drug-likeness (QED) is 0.326. The molecule has 9 nitrogen and oxygen atoms in total. The van der Waals surface area contributed by atoms with E-state index in [-0.39, 0.29) is 42.5 Å². The highest BCUT2D eigenvalue weighted by molar-refractivity contribution is 5.95. The Bertz CT molecular complexity index is 815. The molecule has 0 aromatic heterocycles. The Kier molecular flexibility index (Phi) is 10.5. The summed E-state index contributed by atoms with van der Waals surface area (Å²) in [6, 6.07) is 5.62. The molecule has 1 heterocycles. The Morgan fingerprint density at radius 1 is 1.28 bits per heavy atom. The van der Waals surface area contributed by atoms with Crippen molar-refractivity contribution in [1.29, 1.82) is 5.41 Å². The van der Waals surface area contributed by atoms with Gasteiger partial charge in [0.05, 0.1) is 0 Å². The number of nitrogens with one attached hydrogen (secondary N) is 2. The van der Waals surface area contributed by atoms with Crippen molar-refractivity contribution in [2.24, 2.45) is 11.7 Å². The van der Waals surface area contributed by atoms with E-state index in [2.05, 4.69) is 5.32 Å². The van der Waals surface area contributed by atoms with Crippen LogP contribution in [0.25, 0.3) is 0 Å². The molecule has 0 radical (unpaired) electrons. The number of likely N-dealkylation sites (tertiary alicyclic amines) is 1. The zero-order chi connectivity index (χ0) is 23.1. The van der Waals surface area contributed by atoms with Crippen molar-refractivity contribution in [3.63, 3.8) is 0 Å². The van der Waals surface area contributed by atoms with Crippen molar-refractivity contribution in [3.05, 3.63) is 35.4 Å². The molecule has 0 spiro atoms. The molecule has 2 rings (SSSR count). The van der Waals surface area contributed by atoms with Gasteiger partial charge in [-0.2, -0.15) is 0 Å². The van der Waals surface area contributed by atoms with Crippen LogP contribution in [0.5, 0.6) is 0 Å². The van der Waals surface area contributed by atoms with E-state index < -0.39 is 18.2 Å². The van der Waals surface area contributed by atoms with Crippen LogP contribution in [-0.4, -0.2) is 63.8 Å². The number of likely N-dealkylation sites (N-methyl/N-ethyl adjacent to an activating group) is 1. The Morgan fingerprint density at radius 2 is 1.91 bits per heavy atom. The highest BCUT2D eigenvalue weighted by Gasteiger charge is 2.40. The van der Waals surface area contributed by atoms with Crippen molar-refractivity contribution in [3.8, 4) is 0 Å². The molecule has 178 valence electrons. The van der Waals surface area contributed by atoms with Crippen LogP contribution in [0.1, 0.15) is 51.2 Å². The molecule has 5 N–H and O–H groups in total. The van der Waals surface area contributed by atoms with Crippen LogP contribution in [0.2, 0.25) is 0 Å². The van der Waals surface area contributed by atoms with Gasteiger partial charge in [0.25, 0.3) is 0 Å². The van der Waals surface area contributed by atoms with Crippen molar-refractivity contribution in [2.75, 3.05) is 13.1 Å². The second kappa shape index (κ2) is 12.3. The van der Waals surface area contributed by atoms with E-state index in [1.165, 1.54) is 4.90 Å². The number of hydrogen-bond acceptors (Lipinski definition) is 4. The number of amides is 3. The number of amidine groups is 1. The minimum absolute atomic E-state index is 0. The fourth-order valence-electron chi connectivity index (χ4n) is 3.90. The SMILES string of the molecule is CCN(C(=O)O)C(CC(C)C)C(=O)N1CCC[C@H]1C(=O)NCc1ccc(C(=N)N)cc1.Cl. The minimum atomic E-state index is -1.13. The topological polar surface area (TPSA) is 140 Å². The van der Waals surface area contributed by atoms with Crippen molar-refractivity contribution in [1.82, 2.24) is 15.1 Å². The monoisotopic (exact) mass is 467 g/mol. The van der Waals surface area contributed by atoms with Gasteiger partial charge in [-0.3, -0.25) is 19.9 Å². The summed E-state index contributed by atoms with van der Waals surface area (Å²) in [4.78, 5) is 40.5. The molecule has 3 amide bonds. The molecular formula is C22H34ClN5O4. The molecule has 0 aliphatic carbocycles. The number of carbonyl (C=O) groups excluding carboxylic acids is 2. The Morgan fingerprint density at radius 3 is 2.41 bits per heavy atom. The van der Waals surface area contributed by atoms with Gasteiger partial charge in [0.1, 0.15) is 17.9 Å². The van der Waals surface area contributed by atoms with E-state index in [1.54, 1.807) is 31.2 Å². The number of hydrogen-bond donors (Lipinski definition) is 4. The summed E-state index contributed by atoms with van der Waals surface area (Å²) in [5.41, 5.74) is 6.92. The molecule has 0 saturated carbocycles. The summed E-state index contributed by atoms with van der Waals surface area (Å²) < 4.78 is 0. The van der Waals surface area contributed by atoms with Crippen LogP contribution >= 0.6 is 12.4 Å². The van der Waals surface area contributed by atoms with Gasteiger partial charge < -0.3 is 21.1 Å². The minimum Gasteiger partial charge on any atom is -0.465 e. The first kappa shape index (κ1) is 27.2. The molecule has 1 saturated heterocycles. The lowest BCUT2D eigenvalue weighted by Crippen LogP contribution is -2.54. The molecule has 2 atom stereocenters. The van der Waals surface area contributed by atoms with Gasteiger partial charge in [0, 0.05) is 25.2 Å². The predicted octanol–water partition coefficient (Wildman–Crippen LogP) is 2.41. The summed E-state index contributed by atoms with van der Waals surface area (Å²) in [6.45, 7) is 6.54. The summed E-state index contributed by atoms with van der Waals surface area (Å²) in [7, 11) is 0. The highest BCUT2D eigenvalue weighted by Crippen LogP contribution is 2.23. The highest BCUT2D eigenvalue weighted by atomic mass is 35.5. The van der Waals surface area contributed by atoms with Gasteiger partial charge in [0.15, 0.2) is 0 Å². The molecule has 1 aromatic rings. The number of halogens is 1. The van der Waals surface area contributed by atoms with Gasteiger partial charge in [-0.05, 0) is 37.7 Å². The third kappa shape index (κ3) is 6.85. The van der Waals surface area contributed by atoms with Crippen LogP contribution in [-0.2, 0) is 16.1 Å². The number of carbonyl (C=O) groups is 3. The van der Waals surface area contributed by atoms with Crippen molar-refractivity contribution >= 4 is 36.2 Å². The van der Waals surface area contributed by atoms with Crippen LogP contribution in [0.15, 0.2) is 24.3 Å². The average Bonchev–Trinajstić information content (AvgIpc) is 3.21. The maximum absolute atomic E-state index is 13.3. The van der Waals surface area contributed by atoms with E-state index in [4.69, 9.17) is 11.1 Å². The first-order chi connectivity index (χ1) is 14.6. The number of nitrogen functional groups attached to an aromatic ring is 1. The van der Waals surface area contributed by atoms with Crippen LogP contribution < -0.4 is 11.1 Å². The zero-order valence-electron chi connectivity index (χ0n) is 18.8. The van der Waals surface area contributed by atoms with Gasteiger partial charge in [-0.1, -0.05) is 38.1 Å². The molecule has 1 aliphatic rings. The zero-order valence-corrected chi connectivity index (χ0v) is 19.7. The van der Waals surface area contributed by atoms with E-state index in [1.807, 2.05) is 13.8 Å². The molecule has 10 heteroatoms. The fraction of sp³-hybridized carbons (Fsp3) is 0.545. The van der Waals surface area contributed by atoms with Gasteiger partial charge in [-0.15, -0.1) is 12.4 Å². The van der Waals surface area contributed by atoms with Crippen molar-refractivity contribution < 1.29 is 19.5 Å². The Hall–Kier alpha value is -2.81. The Labute approximate surface area is 195 Å². The van der Waals surface area contributed by atoms with Gasteiger partial charge >= 0.3 is 6.09 Å². The summed E-state index contributed by atoms with van der Waals surface area (Å²) >= 11 is 0. The Balaban J connectivity index is 0.00000512. The average molecular weight is 468 g/mol. The smallest absolute Gasteiger partial charge is 0.407 e. The van der Waals surface area contributed by atoms with E-state index in [0.717, 1.165) is 10.5 Å². The maximum Gasteiger partial charge on any atom is 0.407 e. The van der Waals surface area contributed by atoms with Crippen LogP contribution in [0, 0.1) is 11.3 Å². The first-order valence-electron chi connectivity index (χ1n) is 10.7. The lowest BCUT2D eigenvalue weighted by atomic mass is 10.0. The third-order valence-corrected chi connectivity index (χ3v) is 5.51. The van der Waals surface area contributed by atoms with Gasteiger partial charge in [-0.25, -0.2) is 4.79 Å². The summed E-state index contributed by atoms with van der Waals surface area (Å²) in [5.74, 6) is -0.436. The maximum atomic E-state index is 13.3. The molecule has 1 aliphatic heterocycles. The van der Waals surface area contributed by atoms with Gasteiger partial charge in [0.2, 0.25) is 11.8 Å². The lowest BCUT2D eigenvalue weighted by molar-refractivity contribution is -0.142. The van der Waals surface area contributed by atoms with Crippen molar-refractivity contribution in [2.45, 2.75) is 58.7 Å². The normalized spacial score (nSPS) is 16.2. The number of nitrogens with zero attached hydrogens (tertiary/aromatic N) is 2. The second-order valence-electron chi connectivity index (χ2n) is 8.23.